The van der Waals surface area contributed by atoms with Gasteiger partial charge in [-0.05, 0) is 6.07 Å². The molecule has 0 saturated heterocycles. The molecule has 132 valence electrons. The Labute approximate surface area is 155 Å². The van der Waals surface area contributed by atoms with E-state index in [0.29, 0.717) is 5.75 Å². The van der Waals surface area contributed by atoms with Gasteiger partial charge in [-0.25, -0.2) is 9.78 Å². The largest absolute Gasteiger partial charge is 1.00 e. The van der Waals surface area contributed by atoms with E-state index in [-0.39, 0.29) is 30.9 Å². The van der Waals surface area contributed by atoms with Crippen molar-refractivity contribution in [3.05, 3.63) is 59.9 Å². The van der Waals surface area contributed by atoms with Crippen molar-refractivity contribution in [1.82, 2.24) is 4.90 Å². The molecule has 5 nitrogen and oxygen atoms in total. The summed E-state index contributed by atoms with van der Waals surface area (Å²) in [4.78, 5) is 17.6. The van der Waals surface area contributed by atoms with Gasteiger partial charge in [0, 0.05) is 25.7 Å². The van der Waals surface area contributed by atoms with Gasteiger partial charge in [-0.15, -0.1) is 0 Å². The van der Waals surface area contributed by atoms with E-state index >= 15 is 0 Å². The summed E-state index contributed by atoms with van der Waals surface area (Å²) in [6.45, 7) is 1.65. The Morgan fingerprint density at radius 3 is 2.38 bits per heavy atom. The lowest BCUT2D eigenvalue weighted by Gasteiger charge is -2.14. The van der Waals surface area contributed by atoms with Crippen LogP contribution in [0.15, 0.2) is 48.7 Å². The highest BCUT2D eigenvalue weighted by Gasteiger charge is 2.19. The maximum atomic E-state index is 11.7. The molecule has 1 aromatic heterocycles. The number of H-pyrrole nitrogens is 1. The van der Waals surface area contributed by atoms with E-state index < -0.39 is 0 Å². The third-order valence-electron chi connectivity index (χ3n) is 3.29. The van der Waals surface area contributed by atoms with Crippen molar-refractivity contribution in [2.24, 2.45) is 0 Å². The zero-order chi connectivity index (χ0) is 15.9. The van der Waals surface area contributed by atoms with Gasteiger partial charge >= 0.3 is 6.09 Å². The third-order valence-corrected chi connectivity index (χ3v) is 3.29. The summed E-state index contributed by atoms with van der Waals surface area (Å²) in [5.74, 6) is 0.577. The SMILES string of the molecule is CN(C)C(=O)Oc1ccc[nH+]c1C[NH+](C)Cc1ccccc1.[Cl-].[Cl-]. The Morgan fingerprint density at radius 1 is 1.08 bits per heavy atom. The monoisotopic (exact) mass is 371 g/mol. The Bertz CT molecular complexity index is 624. The molecule has 2 rings (SSSR count). The maximum absolute atomic E-state index is 11.7. The molecule has 0 spiro atoms. The molecule has 1 atom stereocenters. The molecule has 0 aliphatic carbocycles. The summed E-state index contributed by atoms with van der Waals surface area (Å²) >= 11 is 0. The molecule has 0 bridgehead atoms. The molecule has 1 heterocycles. The molecule has 24 heavy (non-hydrogen) atoms. The molecule has 2 N–H and O–H groups in total. The number of nitrogens with zero attached hydrogens (tertiary/aromatic N) is 1. The molecule has 1 amide bonds. The summed E-state index contributed by atoms with van der Waals surface area (Å²) in [5.41, 5.74) is 2.19. The first-order valence-corrected chi connectivity index (χ1v) is 7.30. The molecular formula is C17H23Cl2N3O2. The minimum Gasteiger partial charge on any atom is -1.00 e. The lowest BCUT2D eigenvalue weighted by Crippen LogP contribution is -3.06. The van der Waals surface area contributed by atoms with Crippen LogP contribution in [0, 0.1) is 0 Å². The minimum atomic E-state index is -0.374. The predicted octanol–water partition coefficient (Wildman–Crippen LogP) is -5.22. The van der Waals surface area contributed by atoms with Crippen LogP contribution in [-0.2, 0) is 13.1 Å². The number of hydrogen-bond acceptors (Lipinski definition) is 2. The number of aromatic nitrogens is 1. The van der Waals surface area contributed by atoms with Gasteiger partial charge in [0.2, 0.25) is 5.75 Å². The standard InChI is InChI=1S/C17H21N3O2.2ClH/c1-19(2)17(21)22-16-10-7-11-18-15(16)13-20(3)12-14-8-5-4-6-9-14;;/h4-11H,12-13H2,1-3H3;2*1H. The van der Waals surface area contributed by atoms with Gasteiger partial charge < -0.3 is 39.4 Å². The highest BCUT2D eigenvalue weighted by molar-refractivity contribution is 5.70. The second-order valence-electron chi connectivity index (χ2n) is 5.57. The van der Waals surface area contributed by atoms with Gasteiger partial charge in [0.25, 0.3) is 5.69 Å². The van der Waals surface area contributed by atoms with Crippen LogP contribution < -0.4 is 39.4 Å². The number of carbonyl (C=O) groups excluding carboxylic acids is 1. The number of benzene rings is 1. The van der Waals surface area contributed by atoms with E-state index in [0.717, 1.165) is 18.8 Å². The summed E-state index contributed by atoms with van der Waals surface area (Å²) in [6, 6.07) is 14.0. The molecule has 7 heteroatoms. The number of halogens is 2. The fraction of sp³-hybridized carbons (Fsp3) is 0.294. The first-order chi connectivity index (χ1) is 10.6. The van der Waals surface area contributed by atoms with Crippen LogP contribution in [0.5, 0.6) is 5.75 Å². The fourth-order valence-corrected chi connectivity index (χ4v) is 2.18. The summed E-state index contributed by atoms with van der Waals surface area (Å²) in [6.07, 6.45) is 1.47. The molecule has 0 radical (unpaired) electrons. The van der Waals surface area contributed by atoms with E-state index in [1.54, 1.807) is 14.1 Å². The summed E-state index contributed by atoms with van der Waals surface area (Å²) in [7, 11) is 5.45. The molecule has 0 saturated carbocycles. The Morgan fingerprint density at radius 2 is 1.75 bits per heavy atom. The summed E-state index contributed by atoms with van der Waals surface area (Å²) < 4.78 is 5.40. The number of pyridine rings is 1. The average Bonchev–Trinajstić information content (AvgIpc) is 2.50. The fourth-order valence-electron chi connectivity index (χ4n) is 2.18. The van der Waals surface area contributed by atoms with Gasteiger partial charge in [0.05, 0.1) is 7.05 Å². The van der Waals surface area contributed by atoms with Crippen LogP contribution in [0.2, 0.25) is 0 Å². The quantitative estimate of drug-likeness (QED) is 0.571. The van der Waals surface area contributed by atoms with Crippen molar-refractivity contribution >= 4 is 6.09 Å². The van der Waals surface area contributed by atoms with Gasteiger partial charge in [-0.3, -0.25) is 0 Å². The van der Waals surface area contributed by atoms with Crippen molar-refractivity contribution < 1.29 is 44.2 Å². The number of aromatic amines is 1. The molecular weight excluding hydrogens is 349 g/mol. The first kappa shape index (κ1) is 22.2. The molecule has 2 aromatic rings. The van der Waals surface area contributed by atoms with Gasteiger partial charge in [0.1, 0.15) is 6.54 Å². The van der Waals surface area contributed by atoms with E-state index in [1.807, 2.05) is 36.5 Å². The zero-order valence-electron chi connectivity index (χ0n) is 14.1. The van der Waals surface area contributed by atoms with Crippen molar-refractivity contribution in [3.63, 3.8) is 0 Å². The number of nitrogens with one attached hydrogen (secondary N) is 2. The number of ether oxygens (including phenoxy) is 1. The topological polar surface area (TPSA) is 48.1 Å². The van der Waals surface area contributed by atoms with E-state index in [9.17, 15) is 4.79 Å². The van der Waals surface area contributed by atoms with Crippen molar-refractivity contribution in [1.29, 1.82) is 0 Å². The lowest BCUT2D eigenvalue weighted by molar-refractivity contribution is -0.911. The first-order valence-electron chi connectivity index (χ1n) is 7.30. The zero-order valence-corrected chi connectivity index (χ0v) is 15.6. The van der Waals surface area contributed by atoms with Gasteiger partial charge in [-0.2, -0.15) is 0 Å². The smallest absolute Gasteiger partial charge is 0.414 e. The van der Waals surface area contributed by atoms with Crippen LogP contribution in [0.4, 0.5) is 4.79 Å². The Balaban J connectivity index is 0.00000264. The number of carbonyl (C=O) groups is 1. The van der Waals surface area contributed by atoms with E-state index in [4.69, 9.17) is 4.74 Å². The van der Waals surface area contributed by atoms with E-state index in [1.165, 1.54) is 15.4 Å². The van der Waals surface area contributed by atoms with Gasteiger partial charge in [-0.1, -0.05) is 30.3 Å². The molecule has 1 aromatic carbocycles. The molecule has 0 aliphatic rings. The van der Waals surface area contributed by atoms with Gasteiger partial charge in [0.15, 0.2) is 12.7 Å². The Kier molecular flexibility index (Phi) is 10.0. The van der Waals surface area contributed by atoms with Crippen LogP contribution >= 0.6 is 0 Å². The van der Waals surface area contributed by atoms with Crippen molar-refractivity contribution in [2.75, 3.05) is 21.1 Å². The number of hydrogen-bond donors (Lipinski definition) is 1. The second kappa shape index (κ2) is 10.9. The number of quaternary nitrogens is 1. The highest BCUT2D eigenvalue weighted by atomic mass is 35.5. The maximum Gasteiger partial charge on any atom is 0.414 e. The molecule has 0 aliphatic heterocycles. The van der Waals surface area contributed by atoms with Crippen LogP contribution in [0.25, 0.3) is 0 Å². The third kappa shape index (κ3) is 6.74. The highest BCUT2D eigenvalue weighted by Crippen LogP contribution is 2.12. The predicted molar refractivity (Wildman–Crippen MR) is 83.4 cm³/mol. The number of rotatable bonds is 5. The van der Waals surface area contributed by atoms with E-state index in [2.05, 4.69) is 24.2 Å². The normalized spacial score (nSPS) is 10.8. The number of amides is 1. The Hall–Kier alpha value is -1.82. The summed E-state index contributed by atoms with van der Waals surface area (Å²) in [5, 5.41) is 0. The lowest BCUT2D eigenvalue weighted by atomic mass is 10.2. The average molecular weight is 372 g/mol. The van der Waals surface area contributed by atoms with Crippen LogP contribution in [0.1, 0.15) is 11.3 Å². The molecule has 1 unspecified atom stereocenters. The minimum absolute atomic E-state index is 0. The second-order valence-corrected chi connectivity index (χ2v) is 5.57. The van der Waals surface area contributed by atoms with Crippen molar-refractivity contribution in [3.8, 4) is 5.75 Å². The van der Waals surface area contributed by atoms with Crippen molar-refractivity contribution in [2.45, 2.75) is 13.1 Å². The van der Waals surface area contributed by atoms with Crippen LogP contribution in [-0.4, -0.2) is 32.1 Å². The van der Waals surface area contributed by atoms with Crippen LogP contribution in [0.3, 0.4) is 0 Å². The molecule has 0 fully saturated rings.